The van der Waals surface area contributed by atoms with Gasteiger partial charge in [-0.2, -0.15) is 9.78 Å². The topological polar surface area (TPSA) is 87.4 Å². The Balaban J connectivity index is 1.44. The van der Waals surface area contributed by atoms with Gasteiger partial charge in [0.2, 0.25) is 6.79 Å². The predicted molar refractivity (Wildman–Crippen MR) is 182 cm³/mol. The monoisotopic (exact) mass is 618 g/mol. The average Bonchev–Trinajstić information content (AvgIpc) is 3.52. The first-order valence-corrected chi connectivity index (χ1v) is 15.4. The van der Waals surface area contributed by atoms with Gasteiger partial charge in [0, 0.05) is 37.0 Å². The number of aromatic nitrogens is 2. The van der Waals surface area contributed by atoms with Crippen LogP contribution in [0.25, 0.3) is 22.3 Å². The summed E-state index contributed by atoms with van der Waals surface area (Å²) in [5.74, 6) is 3.53. The third kappa shape index (κ3) is 6.13. The van der Waals surface area contributed by atoms with Gasteiger partial charge in [-0.1, -0.05) is 32.0 Å². The van der Waals surface area contributed by atoms with E-state index in [1.165, 1.54) is 4.68 Å². The summed E-state index contributed by atoms with van der Waals surface area (Å²) in [6, 6.07) is 23.1. The van der Waals surface area contributed by atoms with Crippen LogP contribution in [-0.2, 0) is 6.61 Å². The fraction of sp³-hybridized carbons (Fsp3) is 0.270. The normalized spacial score (nSPS) is 12.3. The highest BCUT2D eigenvalue weighted by Crippen LogP contribution is 2.35. The van der Waals surface area contributed by atoms with Crippen LogP contribution in [0.3, 0.4) is 0 Å². The Labute approximate surface area is 268 Å². The van der Waals surface area contributed by atoms with E-state index < -0.39 is 0 Å². The lowest BCUT2D eigenvalue weighted by Crippen LogP contribution is -2.21. The molecule has 0 radical (unpaired) electrons. The van der Waals surface area contributed by atoms with Crippen molar-refractivity contribution in [1.29, 1.82) is 0 Å². The Morgan fingerprint density at radius 3 is 2.57 bits per heavy atom. The van der Waals surface area contributed by atoms with E-state index in [0.717, 1.165) is 39.4 Å². The van der Waals surface area contributed by atoms with Gasteiger partial charge in [-0.3, -0.25) is 4.79 Å². The molecule has 0 saturated heterocycles. The van der Waals surface area contributed by atoms with Crippen molar-refractivity contribution in [2.45, 2.75) is 40.2 Å². The fourth-order valence-corrected chi connectivity index (χ4v) is 5.42. The van der Waals surface area contributed by atoms with Gasteiger partial charge in [-0.25, -0.2) is 4.98 Å². The molecule has 6 rings (SSSR count). The molecule has 0 aliphatic carbocycles. The van der Waals surface area contributed by atoms with E-state index in [1.54, 1.807) is 12.3 Å². The second-order valence-corrected chi connectivity index (χ2v) is 11.7. The summed E-state index contributed by atoms with van der Waals surface area (Å²) in [6.45, 7) is 9.30. The molecule has 9 nitrogen and oxygen atoms in total. The summed E-state index contributed by atoms with van der Waals surface area (Å²) in [7, 11) is 3.95. The van der Waals surface area contributed by atoms with E-state index in [4.69, 9.17) is 29.0 Å². The van der Waals surface area contributed by atoms with Crippen molar-refractivity contribution in [3.63, 3.8) is 0 Å². The molecular weight excluding hydrogens is 580 g/mol. The Hall–Kier alpha value is -5.31. The summed E-state index contributed by atoms with van der Waals surface area (Å²) in [4.78, 5) is 21.0. The Bertz CT molecular complexity index is 2000. The number of anilines is 1. The molecule has 0 fully saturated rings. The highest BCUT2D eigenvalue weighted by molar-refractivity contribution is 5.86. The van der Waals surface area contributed by atoms with Crippen molar-refractivity contribution in [2.24, 2.45) is 5.10 Å². The summed E-state index contributed by atoms with van der Waals surface area (Å²) in [5.41, 5.74) is 5.75. The minimum absolute atomic E-state index is 0.199. The third-order valence-corrected chi connectivity index (χ3v) is 7.93. The highest BCUT2D eigenvalue weighted by Gasteiger charge is 2.19. The third-order valence-electron chi connectivity index (χ3n) is 7.93. The largest absolute Gasteiger partial charge is 0.494 e. The number of para-hydroxylation sites is 1. The van der Waals surface area contributed by atoms with Crippen LogP contribution < -0.4 is 29.4 Å². The lowest BCUT2D eigenvalue weighted by atomic mass is 9.96. The van der Waals surface area contributed by atoms with Crippen LogP contribution in [-0.4, -0.2) is 43.4 Å². The van der Waals surface area contributed by atoms with Crippen molar-refractivity contribution in [3.05, 3.63) is 105 Å². The number of aryl methyl sites for hydroxylation is 1. The Morgan fingerprint density at radius 2 is 1.78 bits per heavy atom. The van der Waals surface area contributed by atoms with Gasteiger partial charge < -0.3 is 23.8 Å². The summed E-state index contributed by atoms with van der Waals surface area (Å²) in [6.07, 6.45) is 1.66. The quantitative estimate of drug-likeness (QED) is 0.154. The van der Waals surface area contributed by atoms with Crippen LogP contribution in [0.5, 0.6) is 23.0 Å². The SMILES string of the molecule is CCOc1cc(C)c(-c2nc3ccccc3c(=O)n2N=Cc2ccc(N(C)C)cc2OCc2ccc3c(c2)OCO3)cc1C(C)C. The van der Waals surface area contributed by atoms with Crippen LogP contribution in [0, 0.1) is 6.92 Å². The molecule has 9 heteroatoms. The average molecular weight is 619 g/mol. The van der Waals surface area contributed by atoms with Gasteiger partial charge in [0.1, 0.15) is 18.1 Å². The smallest absolute Gasteiger partial charge is 0.282 e. The molecule has 0 saturated carbocycles. The minimum Gasteiger partial charge on any atom is -0.494 e. The van der Waals surface area contributed by atoms with Crippen molar-refractivity contribution in [3.8, 4) is 34.4 Å². The van der Waals surface area contributed by atoms with Gasteiger partial charge >= 0.3 is 0 Å². The van der Waals surface area contributed by atoms with Crippen LogP contribution in [0.15, 0.2) is 82.7 Å². The minimum atomic E-state index is -0.260. The van der Waals surface area contributed by atoms with Crippen LogP contribution >= 0.6 is 0 Å². The maximum Gasteiger partial charge on any atom is 0.282 e. The second-order valence-electron chi connectivity index (χ2n) is 11.7. The van der Waals surface area contributed by atoms with Crippen molar-refractivity contribution < 1.29 is 18.9 Å². The van der Waals surface area contributed by atoms with E-state index in [0.29, 0.717) is 47.0 Å². The summed E-state index contributed by atoms with van der Waals surface area (Å²) < 4.78 is 24.7. The Morgan fingerprint density at radius 1 is 0.978 bits per heavy atom. The summed E-state index contributed by atoms with van der Waals surface area (Å²) >= 11 is 0. The Kier molecular flexibility index (Phi) is 8.66. The number of hydrogen-bond acceptors (Lipinski definition) is 8. The molecule has 236 valence electrons. The molecule has 0 spiro atoms. The van der Waals surface area contributed by atoms with Crippen molar-refractivity contribution in [2.75, 3.05) is 32.4 Å². The van der Waals surface area contributed by atoms with E-state index in [1.807, 2.05) is 93.5 Å². The number of nitrogens with zero attached hydrogens (tertiary/aromatic N) is 4. The molecule has 5 aromatic rings. The van der Waals surface area contributed by atoms with Gasteiger partial charge in [-0.05, 0) is 85.0 Å². The van der Waals surface area contributed by atoms with Crippen LogP contribution in [0.2, 0.25) is 0 Å². The van der Waals surface area contributed by atoms with E-state index in [9.17, 15) is 4.79 Å². The molecule has 1 aromatic heterocycles. The lowest BCUT2D eigenvalue weighted by Gasteiger charge is -2.18. The van der Waals surface area contributed by atoms with Crippen LogP contribution in [0.1, 0.15) is 48.9 Å². The van der Waals surface area contributed by atoms with Gasteiger partial charge in [0.15, 0.2) is 17.3 Å². The highest BCUT2D eigenvalue weighted by atomic mass is 16.7. The maximum atomic E-state index is 14.0. The van der Waals surface area contributed by atoms with Crippen molar-refractivity contribution in [1.82, 2.24) is 9.66 Å². The predicted octanol–water partition coefficient (Wildman–Crippen LogP) is 7.15. The molecule has 0 unspecified atom stereocenters. The molecule has 4 aromatic carbocycles. The van der Waals surface area contributed by atoms with E-state index in [-0.39, 0.29) is 18.3 Å². The lowest BCUT2D eigenvalue weighted by molar-refractivity contribution is 0.174. The molecule has 0 amide bonds. The molecule has 1 aliphatic heterocycles. The number of rotatable bonds is 10. The summed E-state index contributed by atoms with van der Waals surface area (Å²) in [5, 5.41) is 5.25. The molecule has 0 N–H and O–H groups in total. The zero-order valence-electron chi connectivity index (χ0n) is 27.0. The first kappa shape index (κ1) is 30.7. The number of fused-ring (bicyclic) bond motifs is 2. The molecule has 0 atom stereocenters. The second kappa shape index (κ2) is 13.0. The molecule has 46 heavy (non-hydrogen) atoms. The number of benzene rings is 4. The van der Waals surface area contributed by atoms with Gasteiger partial charge in [0.05, 0.1) is 23.7 Å². The zero-order valence-corrected chi connectivity index (χ0v) is 27.0. The number of hydrogen-bond donors (Lipinski definition) is 0. The first-order valence-electron chi connectivity index (χ1n) is 15.4. The molecule has 0 bridgehead atoms. The molecule has 1 aliphatic rings. The van der Waals surface area contributed by atoms with E-state index >= 15 is 0 Å². The first-order chi connectivity index (χ1) is 22.2. The van der Waals surface area contributed by atoms with E-state index in [2.05, 4.69) is 19.9 Å². The van der Waals surface area contributed by atoms with Crippen LogP contribution in [0.4, 0.5) is 5.69 Å². The van der Waals surface area contributed by atoms with Gasteiger partial charge in [-0.15, -0.1) is 0 Å². The number of ether oxygens (including phenoxy) is 4. The maximum absolute atomic E-state index is 14.0. The van der Waals surface area contributed by atoms with Gasteiger partial charge in [0.25, 0.3) is 5.56 Å². The molecular formula is C37H38N4O5. The standard InChI is InChI=1S/C37H38N4O5/c1-7-43-34-16-24(4)30(19-29(34)23(2)3)36-39-31-11-9-8-10-28(31)37(42)41(36)38-20-26-13-14-27(40(5)6)18-33(26)44-21-25-12-15-32-35(17-25)46-22-45-32/h8-20,23H,7,21-22H2,1-6H3. The van der Waals surface area contributed by atoms with Crippen molar-refractivity contribution >= 4 is 22.8 Å². The molecule has 2 heterocycles. The fourth-order valence-electron chi connectivity index (χ4n) is 5.42. The zero-order chi connectivity index (χ0) is 32.4.